The molecule has 0 rings (SSSR count). The maximum Gasteiger partial charge on any atom is 0.148 e. The summed E-state index contributed by atoms with van der Waals surface area (Å²) in [5.74, 6) is 0.204. The Morgan fingerprint density at radius 2 is 2.06 bits per heavy atom. The van der Waals surface area contributed by atoms with Gasteiger partial charge >= 0.3 is 0 Å². The predicted molar refractivity (Wildman–Crippen MR) is 66.5 cm³/mol. The summed E-state index contributed by atoms with van der Waals surface area (Å²) in [6.07, 6.45) is 1.26. The molecular formula is C10H24N2O3S. The third-order valence-corrected chi connectivity index (χ3v) is 3.16. The Bertz CT molecular complexity index is 261. The molecule has 0 aromatic rings. The molecule has 0 amide bonds. The lowest BCUT2D eigenvalue weighted by Crippen LogP contribution is -2.43. The first-order valence-electron chi connectivity index (χ1n) is 5.47. The van der Waals surface area contributed by atoms with E-state index in [1.165, 1.54) is 6.26 Å². The maximum atomic E-state index is 11.0. The molecule has 16 heavy (non-hydrogen) atoms. The molecule has 1 unspecified atom stereocenters. The molecule has 0 aromatic carbocycles. The van der Waals surface area contributed by atoms with Crippen molar-refractivity contribution in [3.8, 4) is 0 Å². The number of likely N-dealkylation sites (N-methyl/N-ethyl adjacent to an activating group) is 2. The Hall–Kier alpha value is -0.170. The van der Waals surface area contributed by atoms with E-state index in [-0.39, 0.29) is 11.8 Å². The topological polar surface area (TPSA) is 58.6 Å². The average Bonchev–Trinajstić information content (AvgIpc) is 2.14. The van der Waals surface area contributed by atoms with Crippen molar-refractivity contribution in [3.63, 3.8) is 0 Å². The molecule has 0 aliphatic heterocycles. The fourth-order valence-electron chi connectivity index (χ4n) is 1.46. The van der Waals surface area contributed by atoms with Crippen molar-refractivity contribution in [2.24, 2.45) is 0 Å². The molecule has 98 valence electrons. The number of nitrogens with zero attached hydrogens (tertiary/aromatic N) is 1. The molecule has 0 saturated carbocycles. The molecule has 0 aliphatic rings. The van der Waals surface area contributed by atoms with Gasteiger partial charge in [0.05, 0.1) is 12.4 Å². The molecule has 0 saturated heterocycles. The highest BCUT2D eigenvalue weighted by Crippen LogP contribution is 1.93. The van der Waals surface area contributed by atoms with Crippen molar-refractivity contribution < 1.29 is 13.2 Å². The van der Waals surface area contributed by atoms with Crippen LogP contribution in [-0.2, 0) is 14.6 Å². The first-order chi connectivity index (χ1) is 7.39. The molecule has 5 nitrogen and oxygen atoms in total. The molecule has 0 aliphatic carbocycles. The van der Waals surface area contributed by atoms with Gasteiger partial charge in [-0.15, -0.1) is 0 Å². The van der Waals surface area contributed by atoms with Crippen molar-refractivity contribution >= 4 is 9.84 Å². The number of nitrogens with one attached hydrogen (secondary N) is 1. The zero-order valence-electron chi connectivity index (χ0n) is 10.7. The highest BCUT2D eigenvalue weighted by Gasteiger charge is 2.11. The van der Waals surface area contributed by atoms with E-state index in [0.29, 0.717) is 13.2 Å². The van der Waals surface area contributed by atoms with E-state index in [1.54, 1.807) is 7.11 Å². The van der Waals surface area contributed by atoms with Gasteiger partial charge in [-0.3, -0.25) is 0 Å². The van der Waals surface area contributed by atoms with E-state index >= 15 is 0 Å². The first kappa shape index (κ1) is 15.8. The van der Waals surface area contributed by atoms with Crippen LogP contribution < -0.4 is 5.32 Å². The summed E-state index contributed by atoms with van der Waals surface area (Å²) in [5, 5.41) is 3.30. The number of hydrogen-bond donors (Lipinski definition) is 1. The van der Waals surface area contributed by atoms with Crippen LogP contribution in [0.25, 0.3) is 0 Å². The molecule has 0 aromatic heterocycles. The summed E-state index contributed by atoms with van der Waals surface area (Å²) in [4.78, 5) is 2.01. The number of ether oxygens (including phenoxy) is 1. The maximum absolute atomic E-state index is 11.0. The van der Waals surface area contributed by atoms with Gasteiger partial charge in [0.25, 0.3) is 0 Å². The molecule has 0 bridgehead atoms. The molecule has 0 radical (unpaired) electrons. The Balaban J connectivity index is 3.94. The Morgan fingerprint density at radius 3 is 2.50 bits per heavy atom. The van der Waals surface area contributed by atoms with E-state index < -0.39 is 9.84 Å². The van der Waals surface area contributed by atoms with Crippen molar-refractivity contribution in [2.75, 3.05) is 52.4 Å². The summed E-state index contributed by atoms with van der Waals surface area (Å²) in [6, 6.07) is 0.250. The molecule has 1 atom stereocenters. The minimum Gasteiger partial charge on any atom is -0.383 e. The molecule has 0 heterocycles. The zero-order chi connectivity index (χ0) is 12.6. The smallest absolute Gasteiger partial charge is 0.148 e. The standard InChI is InChI=1S/C10H24N2O3S/c1-5-11-10(9-15-3)8-12(2)6-7-16(4,13)14/h10-11H,5-9H2,1-4H3. The van der Waals surface area contributed by atoms with Crippen LogP contribution in [0.3, 0.4) is 0 Å². The van der Waals surface area contributed by atoms with E-state index in [1.807, 2.05) is 18.9 Å². The zero-order valence-corrected chi connectivity index (χ0v) is 11.5. The van der Waals surface area contributed by atoms with Gasteiger partial charge in [0.15, 0.2) is 0 Å². The van der Waals surface area contributed by atoms with Crippen molar-refractivity contribution in [2.45, 2.75) is 13.0 Å². The van der Waals surface area contributed by atoms with Gasteiger partial charge in [-0.1, -0.05) is 6.92 Å². The van der Waals surface area contributed by atoms with E-state index in [4.69, 9.17) is 4.74 Å². The van der Waals surface area contributed by atoms with Gasteiger partial charge in [-0.25, -0.2) is 8.42 Å². The lowest BCUT2D eigenvalue weighted by molar-refractivity contribution is 0.148. The van der Waals surface area contributed by atoms with Crippen molar-refractivity contribution in [1.82, 2.24) is 10.2 Å². The van der Waals surface area contributed by atoms with Gasteiger partial charge < -0.3 is 15.0 Å². The predicted octanol–water partition coefficient (Wildman–Crippen LogP) is -0.413. The summed E-state index contributed by atoms with van der Waals surface area (Å²) in [6.45, 7) is 4.91. The van der Waals surface area contributed by atoms with Crippen LogP contribution in [-0.4, -0.2) is 71.8 Å². The third-order valence-electron chi connectivity index (χ3n) is 2.24. The van der Waals surface area contributed by atoms with Gasteiger partial charge in [0.2, 0.25) is 0 Å². The van der Waals surface area contributed by atoms with E-state index in [9.17, 15) is 8.42 Å². The second kappa shape index (κ2) is 8.00. The molecular weight excluding hydrogens is 228 g/mol. The minimum atomic E-state index is -2.87. The summed E-state index contributed by atoms with van der Waals surface area (Å²) in [7, 11) is 0.716. The lowest BCUT2D eigenvalue weighted by atomic mass is 10.3. The molecule has 0 spiro atoms. The average molecular weight is 252 g/mol. The number of sulfone groups is 1. The SMILES string of the molecule is CCNC(COC)CN(C)CCS(C)(=O)=O. The third kappa shape index (κ3) is 9.08. The van der Waals surface area contributed by atoms with Crippen LogP contribution >= 0.6 is 0 Å². The summed E-state index contributed by atoms with van der Waals surface area (Å²) >= 11 is 0. The second-order valence-corrected chi connectivity index (χ2v) is 6.36. The second-order valence-electron chi connectivity index (χ2n) is 4.10. The van der Waals surface area contributed by atoms with Crippen molar-refractivity contribution in [1.29, 1.82) is 0 Å². The number of methoxy groups -OCH3 is 1. The first-order valence-corrected chi connectivity index (χ1v) is 7.53. The van der Waals surface area contributed by atoms with Crippen LogP contribution in [0.15, 0.2) is 0 Å². The van der Waals surface area contributed by atoms with Gasteiger partial charge in [-0.2, -0.15) is 0 Å². The summed E-state index contributed by atoms with van der Waals surface area (Å²) < 4.78 is 27.1. The normalized spacial score (nSPS) is 14.3. The Kier molecular flexibility index (Phi) is 7.91. The van der Waals surface area contributed by atoms with Crippen LogP contribution in [0.4, 0.5) is 0 Å². The highest BCUT2D eigenvalue weighted by atomic mass is 32.2. The van der Waals surface area contributed by atoms with Gasteiger partial charge in [-0.05, 0) is 13.6 Å². The molecule has 6 heteroatoms. The minimum absolute atomic E-state index is 0.204. The van der Waals surface area contributed by atoms with Crippen molar-refractivity contribution in [3.05, 3.63) is 0 Å². The van der Waals surface area contributed by atoms with Gasteiger partial charge in [0, 0.05) is 32.5 Å². The molecule has 0 fully saturated rings. The Morgan fingerprint density at radius 1 is 1.44 bits per heavy atom. The highest BCUT2D eigenvalue weighted by molar-refractivity contribution is 7.90. The number of hydrogen-bond acceptors (Lipinski definition) is 5. The fraction of sp³-hybridized carbons (Fsp3) is 1.00. The molecule has 1 N–H and O–H groups in total. The largest absolute Gasteiger partial charge is 0.383 e. The fourth-order valence-corrected chi connectivity index (χ4v) is 2.10. The van der Waals surface area contributed by atoms with E-state index in [0.717, 1.165) is 13.1 Å². The lowest BCUT2D eigenvalue weighted by Gasteiger charge is -2.23. The van der Waals surface area contributed by atoms with Crippen LogP contribution in [0, 0.1) is 0 Å². The monoisotopic (exact) mass is 252 g/mol. The van der Waals surface area contributed by atoms with E-state index in [2.05, 4.69) is 5.32 Å². The van der Waals surface area contributed by atoms with Gasteiger partial charge in [0.1, 0.15) is 9.84 Å². The summed E-state index contributed by atoms with van der Waals surface area (Å²) in [5.41, 5.74) is 0. The van der Waals surface area contributed by atoms with Crippen LogP contribution in [0.5, 0.6) is 0 Å². The quantitative estimate of drug-likeness (QED) is 0.604. The Labute approximate surface area is 99.1 Å². The van der Waals surface area contributed by atoms with Crippen LogP contribution in [0.2, 0.25) is 0 Å². The number of rotatable bonds is 9. The van der Waals surface area contributed by atoms with Crippen LogP contribution in [0.1, 0.15) is 6.92 Å².